The number of carbonyl (C=O) groups excluding carboxylic acids is 1. The molecule has 3 unspecified atom stereocenters. The highest BCUT2D eigenvalue weighted by Crippen LogP contribution is 2.42. The van der Waals surface area contributed by atoms with Crippen molar-refractivity contribution in [3.63, 3.8) is 0 Å². The summed E-state index contributed by atoms with van der Waals surface area (Å²) < 4.78 is 7.06. The Morgan fingerprint density at radius 2 is 1.64 bits per heavy atom. The summed E-state index contributed by atoms with van der Waals surface area (Å²) in [7, 11) is 2.34. The molecule has 0 spiro atoms. The minimum atomic E-state index is -1.51. The highest BCUT2D eigenvalue weighted by atomic mass is 16.6. The van der Waals surface area contributed by atoms with Gasteiger partial charge in [-0.2, -0.15) is 0 Å². The maximum absolute atomic E-state index is 13.3. The minimum Gasteiger partial charge on any atom is -0.454 e. The van der Waals surface area contributed by atoms with Crippen molar-refractivity contribution >= 4 is 5.97 Å². The molecule has 1 aromatic rings. The molecule has 4 nitrogen and oxygen atoms in total. The smallest absolute Gasteiger partial charge is 0.343 e. The summed E-state index contributed by atoms with van der Waals surface area (Å²) in [4.78, 5) is 13.3. The van der Waals surface area contributed by atoms with Gasteiger partial charge in [-0.25, -0.2) is 4.79 Å². The summed E-state index contributed by atoms with van der Waals surface area (Å²) in [6.45, 7) is 1.97. The molecule has 4 heteroatoms. The Bertz CT molecular complexity index is 666. The van der Waals surface area contributed by atoms with E-state index in [2.05, 4.69) is 7.05 Å². The molecular weight excluding hydrogens is 350 g/mol. The van der Waals surface area contributed by atoms with Crippen LogP contribution in [0, 0.1) is 5.92 Å². The van der Waals surface area contributed by atoms with E-state index in [4.69, 9.17) is 4.74 Å². The standard InChI is InChI=1S/C24H36NO3/c1-25(21-14-6-3-7-15-21)17-16-22(18-25)28-23(26)24(27,20-12-8-9-13-20)19-10-4-2-5-11-19/h2,4-5,10-11,20-22,27H,3,6-9,12-18H2,1H3/q+1. The number of esters is 1. The van der Waals surface area contributed by atoms with Gasteiger partial charge >= 0.3 is 5.97 Å². The average molecular weight is 387 g/mol. The fourth-order valence-electron chi connectivity index (χ4n) is 6.02. The number of carbonyl (C=O) groups is 1. The third kappa shape index (κ3) is 3.73. The van der Waals surface area contributed by atoms with Crippen LogP contribution in [0.1, 0.15) is 69.8 Å². The number of rotatable bonds is 5. The van der Waals surface area contributed by atoms with Crippen LogP contribution >= 0.6 is 0 Å². The minimum absolute atomic E-state index is 0.0389. The zero-order valence-electron chi connectivity index (χ0n) is 17.3. The van der Waals surface area contributed by atoms with E-state index in [9.17, 15) is 9.90 Å². The zero-order chi connectivity index (χ0) is 19.6. The van der Waals surface area contributed by atoms with E-state index in [0.717, 1.165) is 49.7 Å². The molecule has 4 rings (SSSR count). The molecule has 3 fully saturated rings. The molecule has 2 aliphatic carbocycles. The fraction of sp³-hybridized carbons (Fsp3) is 0.708. The van der Waals surface area contributed by atoms with Crippen LogP contribution in [0.4, 0.5) is 0 Å². The predicted octanol–water partition coefficient (Wildman–Crippen LogP) is 4.16. The Morgan fingerprint density at radius 3 is 2.32 bits per heavy atom. The molecule has 1 saturated heterocycles. The van der Waals surface area contributed by atoms with Gasteiger partial charge in [-0.1, -0.05) is 49.6 Å². The quantitative estimate of drug-likeness (QED) is 0.611. The van der Waals surface area contributed by atoms with Gasteiger partial charge in [0.2, 0.25) is 0 Å². The number of likely N-dealkylation sites (tertiary alicyclic amines) is 1. The fourth-order valence-corrected chi connectivity index (χ4v) is 6.02. The van der Waals surface area contributed by atoms with Gasteiger partial charge in [-0.3, -0.25) is 0 Å². The van der Waals surface area contributed by atoms with Crippen LogP contribution in [-0.4, -0.2) is 47.8 Å². The van der Waals surface area contributed by atoms with Crippen molar-refractivity contribution in [2.24, 2.45) is 5.92 Å². The lowest BCUT2D eigenvalue weighted by Gasteiger charge is -2.40. The summed E-state index contributed by atoms with van der Waals surface area (Å²) in [6, 6.07) is 10.2. The highest BCUT2D eigenvalue weighted by molar-refractivity contribution is 5.81. The SMILES string of the molecule is C[N+]1(C2CCCCC2)CCC(OC(=O)C(O)(c2ccccc2)C2CCCC2)C1. The van der Waals surface area contributed by atoms with Crippen LogP contribution in [0.15, 0.2) is 30.3 Å². The summed E-state index contributed by atoms with van der Waals surface area (Å²) in [5, 5.41) is 11.6. The van der Waals surface area contributed by atoms with Crippen molar-refractivity contribution in [2.75, 3.05) is 20.1 Å². The predicted molar refractivity (Wildman–Crippen MR) is 110 cm³/mol. The molecule has 1 N–H and O–H groups in total. The molecule has 154 valence electrons. The average Bonchev–Trinajstić information content (AvgIpc) is 3.40. The molecule has 2 saturated carbocycles. The maximum atomic E-state index is 13.3. The third-order valence-corrected chi connectivity index (χ3v) is 7.78. The molecule has 1 heterocycles. The number of ether oxygens (including phenoxy) is 1. The Kier molecular flexibility index (Phi) is 5.80. The molecular formula is C24H36NO3+. The molecule has 0 radical (unpaired) electrons. The van der Waals surface area contributed by atoms with E-state index < -0.39 is 11.6 Å². The van der Waals surface area contributed by atoms with Crippen molar-refractivity contribution in [1.29, 1.82) is 0 Å². The largest absolute Gasteiger partial charge is 0.454 e. The summed E-state index contributed by atoms with van der Waals surface area (Å²) in [5.41, 5.74) is -0.816. The number of aliphatic hydroxyl groups is 1. The molecule has 0 aromatic heterocycles. The lowest BCUT2D eigenvalue weighted by atomic mass is 9.80. The van der Waals surface area contributed by atoms with Crippen molar-refractivity contribution in [1.82, 2.24) is 0 Å². The number of nitrogens with zero attached hydrogens (tertiary/aromatic N) is 1. The first-order valence-electron chi connectivity index (χ1n) is 11.4. The molecule has 3 aliphatic rings. The topological polar surface area (TPSA) is 46.5 Å². The van der Waals surface area contributed by atoms with Crippen LogP contribution in [0.5, 0.6) is 0 Å². The number of likely N-dealkylation sites (N-methyl/N-ethyl adjacent to an activating group) is 1. The summed E-state index contributed by atoms with van der Waals surface area (Å²) >= 11 is 0. The molecule has 28 heavy (non-hydrogen) atoms. The van der Waals surface area contributed by atoms with Gasteiger partial charge in [0.1, 0.15) is 6.54 Å². The third-order valence-electron chi connectivity index (χ3n) is 7.78. The first-order valence-corrected chi connectivity index (χ1v) is 11.4. The second kappa shape index (κ2) is 8.16. The van der Waals surface area contributed by atoms with Crippen molar-refractivity contribution in [2.45, 2.75) is 82.0 Å². The van der Waals surface area contributed by atoms with Gasteiger partial charge in [0, 0.05) is 12.3 Å². The molecule has 1 aliphatic heterocycles. The van der Waals surface area contributed by atoms with Crippen LogP contribution in [0.3, 0.4) is 0 Å². The van der Waals surface area contributed by atoms with E-state index >= 15 is 0 Å². The highest BCUT2D eigenvalue weighted by Gasteiger charge is 2.50. The van der Waals surface area contributed by atoms with Gasteiger partial charge in [0.05, 0.1) is 19.6 Å². The van der Waals surface area contributed by atoms with Gasteiger partial charge in [0.15, 0.2) is 11.7 Å². The summed E-state index contributed by atoms with van der Waals surface area (Å²) in [5.74, 6) is -0.462. The van der Waals surface area contributed by atoms with Crippen LogP contribution in [0.25, 0.3) is 0 Å². The van der Waals surface area contributed by atoms with Crippen LogP contribution in [-0.2, 0) is 15.1 Å². The van der Waals surface area contributed by atoms with Gasteiger partial charge in [-0.15, -0.1) is 0 Å². The molecule has 3 atom stereocenters. The number of hydrogen-bond acceptors (Lipinski definition) is 3. The normalized spacial score (nSPS) is 31.6. The first-order chi connectivity index (χ1) is 13.5. The first kappa shape index (κ1) is 19.9. The van der Waals surface area contributed by atoms with Gasteiger partial charge < -0.3 is 14.3 Å². The second-order valence-corrected chi connectivity index (χ2v) is 9.61. The van der Waals surface area contributed by atoms with Gasteiger partial charge in [0.25, 0.3) is 0 Å². The maximum Gasteiger partial charge on any atom is 0.343 e. The van der Waals surface area contributed by atoms with E-state index in [1.54, 1.807) is 0 Å². The van der Waals surface area contributed by atoms with Crippen molar-refractivity contribution in [3.8, 4) is 0 Å². The van der Waals surface area contributed by atoms with E-state index in [-0.39, 0.29) is 12.0 Å². The lowest BCUT2D eigenvalue weighted by Crippen LogP contribution is -2.52. The Labute approximate surface area is 169 Å². The van der Waals surface area contributed by atoms with E-state index in [1.807, 2.05) is 30.3 Å². The molecule has 0 amide bonds. The monoisotopic (exact) mass is 386 g/mol. The van der Waals surface area contributed by atoms with Crippen LogP contribution in [0.2, 0.25) is 0 Å². The second-order valence-electron chi connectivity index (χ2n) is 9.61. The molecule has 0 bridgehead atoms. The number of quaternary nitrogens is 1. The number of benzene rings is 1. The van der Waals surface area contributed by atoms with E-state index in [1.165, 1.54) is 32.1 Å². The van der Waals surface area contributed by atoms with Crippen molar-refractivity contribution in [3.05, 3.63) is 35.9 Å². The Hall–Kier alpha value is -1.39. The Balaban J connectivity index is 1.48. The van der Waals surface area contributed by atoms with Gasteiger partial charge in [-0.05, 0) is 44.1 Å². The Morgan fingerprint density at radius 1 is 1.00 bits per heavy atom. The lowest BCUT2D eigenvalue weighted by molar-refractivity contribution is -0.924. The summed E-state index contributed by atoms with van der Waals surface area (Å²) in [6.07, 6.45) is 11.4. The van der Waals surface area contributed by atoms with Crippen LogP contribution < -0.4 is 0 Å². The number of hydrogen-bond donors (Lipinski definition) is 1. The van der Waals surface area contributed by atoms with E-state index in [0.29, 0.717) is 11.6 Å². The zero-order valence-corrected chi connectivity index (χ0v) is 17.3. The van der Waals surface area contributed by atoms with Crippen molar-refractivity contribution < 1.29 is 19.1 Å². The molecule has 1 aromatic carbocycles.